The highest BCUT2D eigenvalue weighted by Crippen LogP contribution is 2.39. The van der Waals surface area contributed by atoms with Gasteiger partial charge >= 0.3 is 6.18 Å². The zero-order chi connectivity index (χ0) is 15.5. The summed E-state index contributed by atoms with van der Waals surface area (Å²) in [7, 11) is 1.39. The van der Waals surface area contributed by atoms with Gasteiger partial charge in [-0.3, -0.25) is 4.90 Å². The lowest BCUT2D eigenvalue weighted by molar-refractivity contribution is -0.148. The summed E-state index contributed by atoms with van der Waals surface area (Å²) in [5.41, 5.74) is 0.453. The molecule has 2 rings (SSSR count). The number of methoxy groups -OCH3 is 1. The van der Waals surface area contributed by atoms with Gasteiger partial charge in [0.05, 0.1) is 13.5 Å². The largest absolute Gasteiger partial charge is 0.508 e. The number of benzene rings is 1. The predicted octanol–water partition coefficient (Wildman–Crippen LogP) is 3.14. The van der Waals surface area contributed by atoms with Crippen molar-refractivity contribution in [1.29, 1.82) is 0 Å². The molecule has 0 spiro atoms. The van der Waals surface area contributed by atoms with E-state index in [2.05, 4.69) is 5.32 Å². The van der Waals surface area contributed by atoms with Crippen LogP contribution in [0.25, 0.3) is 0 Å². The number of piperazine rings is 1. The second kappa shape index (κ2) is 9.42. The first-order valence-corrected chi connectivity index (χ1v) is 6.79. The van der Waals surface area contributed by atoms with E-state index in [1.54, 1.807) is 4.90 Å². The molecule has 0 aromatic heterocycles. The lowest BCUT2D eigenvalue weighted by Gasteiger charge is -2.36. The molecular weight excluding hydrogens is 356 g/mol. The topological polar surface area (TPSA) is 44.7 Å². The van der Waals surface area contributed by atoms with E-state index in [-0.39, 0.29) is 36.3 Å². The summed E-state index contributed by atoms with van der Waals surface area (Å²) in [6.45, 7) is 2.42. The highest BCUT2D eigenvalue weighted by molar-refractivity contribution is 5.85. The van der Waals surface area contributed by atoms with Gasteiger partial charge < -0.3 is 15.2 Å². The first kappa shape index (κ1) is 22.1. The molecule has 23 heavy (non-hydrogen) atoms. The summed E-state index contributed by atoms with van der Waals surface area (Å²) < 4.78 is 43.9. The monoisotopic (exact) mass is 376 g/mol. The Bertz CT molecular complexity index is 484. The van der Waals surface area contributed by atoms with Gasteiger partial charge in [-0.1, -0.05) is 6.07 Å². The fourth-order valence-electron chi connectivity index (χ4n) is 2.62. The van der Waals surface area contributed by atoms with E-state index < -0.39 is 18.6 Å². The van der Waals surface area contributed by atoms with Crippen molar-refractivity contribution < 1.29 is 23.0 Å². The Labute approximate surface area is 145 Å². The number of phenolic OH excluding ortho intramolecular Hbond substituents is 1. The fourth-order valence-corrected chi connectivity index (χ4v) is 2.62. The van der Waals surface area contributed by atoms with Crippen LogP contribution in [0.3, 0.4) is 0 Å². The third-order valence-electron chi connectivity index (χ3n) is 3.59. The standard InChI is InChI=1S/C14H19F3N2O2.2ClH/c1-21-13-8-10(20)2-3-11(13)12(9-14(15,16)17)19-6-4-18-5-7-19;;/h2-3,8,12,18,20H,4-7,9H2,1H3;2*1H/t12-;;/m1../s1. The Morgan fingerprint density at radius 1 is 1.26 bits per heavy atom. The molecule has 1 heterocycles. The number of hydrogen-bond donors (Lipinski definition) is 2. The summed E-state index contributed by atoms with van der Waals surface area (Å²) in [6.07, 6.45) is -5.20. The van der Waals surface area contributed by atoms with Gasteiger partial charge in [-0.25, -0.2) is 0 Å². The average molecular weight is 377 g/mol. The number of halogens is 5. The number of rotatable bonds is 4. The molecule has 1 saturated heterocycles. The minimum Gasteiger partial charge on any atom is -0.508 e. The van der Waals surface area contributed by atoms with Gasteiger partial charge in [-0.05, 0) is 6.07 Å². The molecule has 0 saturated carbocycles. The third-order valence-corrected chi connectivity index (χ3v) is 3.59. The van der Waals surface area contributed by atoms with Crippen LogP contribution < -0.4 is 10.1 Å². The van der Waals surface area contributed by atoms with Crippen molar-refractivity contribution in [3.05, 3.63) is 23.8 Å². The molecular formula is C14H21Cl2F3N2O2. The lowest BCUT2D eigenvalue weighted by atomic mass is 9.99. The number of nitrogens with zero attached hydrogens (tertiary/aromatic N) is 1. The van der Waals surface area contributed by atoms with Gasteiger partial charge in [0.15, 0.2) is 0 Å². The first-order chi connectivity index (χ1) is 9.90. The SMILES string of the molecule is COc1cc(O)ccc1[C@@H](CC(F)(F)F)N1CCNCC1.Cl.Cl. The zero-order valence-electron chi connectivity index (χ0n) is 12.6. The van der Waals surface area contributed by atoms with Crippen molar-refractivity contribution in [2.75, 3.05) is 33.3 Å². The quantitative estimate of drug-likeness (QED) is 0.847. The average Bonchev–Trinajstić information content (AvgIpc) is 2.45. The third kappa shape index (κ3) is 6.25. The summed E-state index contributed by atoms with van der Waals surface area (Å²) in [4.78, 5) is 1.80. The van der Waals surface area contributed by atoms with E-state index in [1.165, 1.54) is 25.3 Å². The van der Waals surface area contributed by atoms with E-state index in [0.29, 0.717) is 31.7 Å². The van der Waals surface area contributed by atoms with Crippen molar-refractivity contribution in [2.45, 2.75) is 18.6 Å². The van der Waals surface area contributed by atoms with Gasteiger partial charge in [-0.15, -0.1) is 24.8 Å². The highest BCUT2D eigenvalue weighted by Gasteiger charge is 2.37. The van der Waals surface area contributed by atoms with Crippen LogP contribution in [-0.2, 0) is 0 Å². The van der Waals surface area contributed by atoms with Crippen LogP contribution in [0.4, 0.5) is 13.2 Å². The molecule has 1 atom stereocenters. The van der Waals surface area contributed by atoms with Crippen molar-refractivity contribution in [3.63, 3.8) is 0 Å². The molecule has 1 fully saturated rings. The molecule has 1 aliphatic rings. The summed E-state index contributed by atoms with van der Waals surface area (Å²) in [5.74, 6) is 0.254. The van der Waals surface area contributed by atoms with Crippen LogP contribution in [0.15, 0.2) is 18.2 Å². The summed E-state index contributed by atoms with van der Waals surface area (Å²) >= 11 is 0. The maximum absolute atomic E-state index is 12.9. The van der Waals surface area contributed by atoms with Crippen LogP contribution in [0.1, 0.15) is 18.0 Å². The van der Waals surface area contributed by atoms with E-state index in [9.17, 15) is 18.3 Å². The molecule has 1 aromatic rings. The lowest BCUT2D eigenvalue weighted by Crippen LogP contribution is -2.46. The second-order valence-corrected chi connectivity index (χ2v) is 5.05. The van der Waals surface area contributed by atoms with E-state index in [4.69, 9.17) is 4.74 Å². The molecule has 0 aliphatic carbocycles. The Morgan fingerprint density at radius 2 is 1.87 bits per heavy atom. The normalized spacial score (nSPS) is 16.9. The van der Waals surface area contributed by atoms with E-state index in [1.807, 2.05) is 0 Å². The fraction of sp³-hybridized carbons (Fsp3) is 0.571. The van der Waals surface area contributed by atoms with E-state index >= 15 is 0 Å². The first-order valence-electron chi connectivity index (χ1n) is 6.79. The minimum atomic E-state index is -4.27. The second-order valence-electron chi connectivity index (χ2n) is 5.05. The molecule has 0 unspecified atom stereocenters. The molecule has 0 amide bonds. The molecule has 1 aliphatic heterocycles. The summed E-state index contributed by atoms with van der Waals surface area (Å²) in [6, 6.07) is 3.44. The summed E-state index contributed by atoms with van der Waals surface area (Å²) in [5, 5.41) is 12.6. The van der Waals surface area contributed by atoms with Crippen LogP contribution in [0.2, 0.25) is 0 Å². The Morgan fingerprint density at radius 3 is 2.39 bits per heavy atom. The number of hydrogen-bond acceptors (Lipinski definition) is 4. The highest BCUT2D eigenvalue weighted by atomic mass is 35.5. The van der Waals surface area contributed by atoms with Crippen molar-refractivity contribution in [3.8, 4) is 11.5 Å². The van der Waals surface area contributed by atoms with Crippen molar-refractivity contribution in [1.82, 2.24) is 10.2 Å². The molecule has 9 heteroatoms. The maximum Gasteiger partial charge on any atom is 0.390 e. The van der Waals surface area contributed by atoms with Crippen LogP contribution in [0, 0.1) is 0 Å². The Balaban J connectivity index is 0.00000242. The zero-order valence-corrected chi connectivity index (χ0v) is 14.2. The molecule has 134 valence electrons. The van der Waals surface area contributed by atoms with Gasteiger partial charge in [0.1, 0.15) is 11.5 Å². The molecule has 4 nitrogen and oxygen atoms in total. The van der Waals surface area contributed by atoms with Crippen LogP contribution >= 0.6 is 24.8 Å². The van der Waals surface area contributed by atoms with Crippen LogP contribution in [0.5, 0.6) is 11.5 Å². The van der Waals surface area contributed by atoms with Crippen LogP contribution in [-0.4, -0.2) is 49.5 Å². The molecule has 1 aromatic carbocycles. The number of phenols is 1. The number of aromatic hydroxyl groups is 1. The Kier molecular flexibility index (Phi) is 9.05. The number of ether oxygens (including phenoxy) is 1. The van der Waals surface area contributed by atoms with Gasteiger partial charge in [0.2, 0.25) is 0 Å². The van der Waals surface area contributed by atoms with E-state index in [0.717, 1.165) is 0 Å². The van der Waals surface area contributed by atoms with Gasteiger partial charge in [0, 0.05) is 43.9 Å². The molecule has 0 bridgehead atoms. The van der Waals surface area contributed by atoms with Crippen molar-refractivity contribution in [2.24, 2.45) is 0 Å². The maximum atomic E-state index is 12.9. The Hall–Kier alpha value is -0.890. The number of nitrogens with one attached hydrogen (secondary N) is 1. The minimum absolute atomic E-state index is 0. The molecule has 2 N–H and O–H groups in total. The van der Waals surface area contributed by atoms with Gasteiger partial charge in [0.25, 0.3) is 0 Å². The number of alkyl halides is 3. The van der Waals surface area contributed by atoms with Crippen molar-refractivity contribution >= 4 is 24.8 Å². The smallest absolute Gasteiger partial charge is 0.390 e. The predicted molar refractivity (Wildman–Crippen MR) is 87.0 cm³/mol. The molecule has 0 radical (unpaired) electrons. The van der Waals surface area contributed by atoms with Gasteiger partial charge in [-0.2, -0.15) is 13.2 Å².